The van der Waals surface area contributed by atoms with Gasteiger partial charge in [0.05, 0.1) is 6.42 Å². The topological polar surface area (TPSA) is 43.8 Å². The van der Waals surface area contributed by atoms with Crippen molar-refractivity contribution >= 4 is 5.97 Å². The third-order valence-electron chi connectivity index (χ3n) is 5.11. The quantitative estimate of drug-likeness (QED) is 0.852. The first-order valence-corrected chi connectivity index (χ1v) is 7.71. The number of likely N-dealkylation sites (tertiary alicyclic amines) is 2. The zero-order chi connectivity index (χ0) is 13.9. The third kappa shape index (κ3) is 3.48. The monoisotopic (exact) mass is 268 g/mol. The Bertz CT molecular complexity index is 313. The standard InChI is InChI=1S/C15H28N2O2/c1-13-11-15(12-14(18)19,7-10-16(13)2)17-8-5-3-4-6-9-17/h13H,3-12H2,1-2H3,(H,18,19). The van der Waals surface area contributed by atoms with Gasteiger partial charge in [-0.2, -0.15) is 0 Å². The smallest absolute Gasteiger partial charge is 0.305 e. The van der Waals surface area contributed by atoms with Crippen molar-refractivity contribution in [1.82, 2.24) is 9.80 Å². The van der Waals surface area contributed by atoms with Gasteiger partial charge in [-0.1, -0.05) is 12.8 Å². The van der Waals surface area contributed by atoms with Gasteiger partial charge in [-0.15, -0.1) is 0 Å². The Morgan fingerprint density at radius 1 is 1.21 bits per heavy atom. The molecule has 2 unspecified atom stereocenters. The minimum atomic E-state index is -0.638. The maximum Gasteiger partial charge on any atom is 0.305 e. The van der Waals surface area contributed by atoms with E-state index in [4.69, 9.17) is 0 Å². The molecule has 2 atom stereocenters. The van der Waals surface area contributed by atoms with Gasteiger partial charge in [0.2, 0.25) is 0 Å². The number of carbonyl (C=O) groups is 1. The van der Waals surface area contributed by atoms with E-state index in [1.54, 1.807) is 0 Å². The van der Waals surface area contributed by atoms with Gasteiger partial charge in [0.25, 0.3) is 0 Å². The molecular formula is C15H28N2O2. The average Bonchev–Trinajstić information content (AvgIpc) is 2.62. The van der Waals surface area contributed by atoms with Gasteiger partial charge in [-0.3, -0.25) is 9.69 Å². The van der Waals surface area contributed by atoms with Gasteiger partial charge < -0.3 is 10.0 Å². The zero-order valence-corrected chi connectivity index (χ0v) is 12.4. The lowest BCUT2D eigenvalue weighted by Crippen LogP contribution is -2.58. The van der Waals surface area contributed by atoms with Gasteiger partial charge in [-0.05, 0) is 59.3 Å². The van der Waals surface area contributed by atoms with Crippen LogP contribution in [0.4, 0.5) is 0 Å². The van der Waals surface area contributed by atoms with Crippen LogP contribution in [0.2, 0.25) is 0 Å². The molecule has 0 aromatic heterocycles. The van der Waals surface area contributed by atoms with Crippen molar-refractivity contribution < 1.29 is 9.90 Å². The van der Waals surface area contributed by atoms with E-state index >= 15 is 0 Å². The molecular weight excluding hydrogens is 240 g/mol. The summed E-state index contributed by atoms with van der Waals surface area (Å²) >= 11 is 0. The van der Waals surface area contributed by atoms with Gasteiger partial charge in [0.15, 0.2) is 0 Å². The number of nitrogens with zero attached hydrogens (tertiary/aromatic N) is 2. The second-order valence-electron chi connectivity index (χ2n) is 6.48. The van der Waals surface area contributed by atoms with Crippen LogP contribution in [-0.4, -0.2) is 59.1 Å². The second kappa shape index (κ2) is 6.23. The lowest BCUT2D eigenvalue weighted by Gasteiger charge is -2.50. The average molecular weight is 268 g/mol. The largest absolute Gasteiger partial charge is 0.481 e. The molecule has 2 heterocycles. The van der Waals surface area contributed by atoms with Crippen LogP contribution < -0.4 is 0 Å². The van der Waals surface area contributed by atoms with E-state index in [-0.39, 0.29) is 5.54 Å². The molecule has 0 radical (unpaired) electrons. The van der Waals surface area contributed by atoms with Gasteiger partial charge >= 0.3 is 5.97 Å². The van der Waals surface area contributed by atoms with Crippen molar-refractivity contribution in [1.29, 1.82) is 0 Å². The summed E-state index contributed by atoms with van der Waals surface area (Å²) in [6.07, 6.45) is 7.36. The van der Waals surface area contributed by atoms with Crippen LogP contribution in [0, 0.1) is 0 Å². The highest BCUT2D eigenvalue weighted by molar-refractivity contribution is 5.68. The minimum Gasteiger partial charge on any atom is -0.481 e. The molecule has 0 bridgehead atoms. The summed E-state index contributed by atoms with van der Waals surface area (Å²) in [6.45, 7) is 5.42. The van der Waals surface area contributed by atoms with E-state index in [1.807, 2.05) is 0 Å². The Balaban J connectivity index is 2.15. The van der Waals surface area contributed by atoms with Crippen molar-refractivity contribution in [2.45, 2.75) is 63.5 Å². The van der Waals surface area contributed by atoms with Crippen molar-refractivity contribution in [3.8, 4) is 0 Å². The highest BCUT2D eigenvalue weighted by Gasteiger charge is 2.43. The molecule has 19 heavy (non-hydrogen) atoms. The van der Waals surface area contributed by atoms with Crippen LogP contribution in [0.25, 0.3) is 0 Å². The molecule has 4 nitrogen and oxygen atoms in total. The molecule has 2 aliphatic heterocycles. The van der Waals surface area contributed by atoms with E-state index in [1.165, 1.54) is 25.7 Å². The lowest BCUT2D eigenvalue weighted by atomic mass is 9.79. The van der Waals surface area contributed by atoms with Crippen molar-refractivity contribution in [3.63, 3.8) is 0 Å². The van der Waals surface area contributed by atoms with Gasteiger partial charge in [-0.25, -0.2) is 0 Å². The fourth-order valence-electron chi connectivity index (χ4n) is 3.80. The predicted molar refractivity (Wildman–Crippen MR) is 76.4 cm³/mol. The number of piperidine rings is 1. The van der Waals surface area contributed by atoms with Crippen LogP contribution in [-0.2, 0) is 4.79 Å². The van der Waals surface area contributed by atoms with Crippen LogP contribution in [0.15, 0.2) is 0 Å². The summed E-state index contributed by atoms with van der Waals surface area (Å²) in [7, 11) is 2.15. The SMILES string of the molecule is CC1CC(CC(=O)O)(N2CCCCCC2)CCN1C. The number of aliphatic carboxylic acids is 1. The summed E-state index contributed by atoms with van der Waals surface area (Å²) < 4.78 is 0. The van der Waals surface area contributed by atoms with Crippen molar-refractivity contribution in [3.05, 3.63) is 0 Å². The number of hydrogen-bond acceptors (Lipinski definition) is 3. The van der Waals surface area contributed by atoms with Crippen LogP contribution in [0.1, 0.15) is 51.9 Å². The van der Waals surface area contributed by atoms with Crippen molar-refractivity contribution in [2.75, 3.05) is 26.7 Å². The highest BCUT2D eigenvalue weighted by atomic mass is 16.4. The van der Waals surface area contributed by atoms with Crippen LogP contribution in [0.5, 0.6) is 0 Å². The van der Waals surface area contributed by atoms with E-state index in [2.05, 4.69) is 23.8 Å². The van der Waals surface area contributed by atoms with E-state index in [0.29, 0.717) is 12.5 Å². The molecule has 0 spiro atoms. The molecule has 2 rings (SSSR count). The molecule has 1 N–H and O–H groups in total. The van der Waals surface area contributed by atoms with E-state index in [0.717, 1.165) is 32.5 Å². The molecule has 0 saturated carbocycles. The molecule has 2 aliphatic rings. The third-order valence-corrected chi connectivity index (χ3v) is 5.11. The molecule has 4 heteroatoms. The molecule has 2 fully saturated rings. The van der Waals surface area contributed by atoms with Crippen molar-refractivity contribution in [2.24, 2.45) is 0 Å². The maximum atomic E-state index is 11.3. The lowest BCUT2D eigenvalue weighted by molar-refractivity contribution is -0.142. The summed E-state index contributed by atoms with van der Waals surface area (Å²) in [5, 5.41) is 9.34. The second-order valence-corrected chi connectivity index (χ2v) is 6.48. The normalized spacial score (nSPS) is 34.9. The Morgan fingerprint density at radius 3 is 2.37 bits per heavy atom. The first kappa shape index (κ1) is 14.8. The zero-order valence-electron chi connectivity index (χ0n) is 12.4. The number of rotatable bonds is 3. The number of hydrogen-bond donors (Lipinski definition) is 1. The predicted octanol–water partition coefficient (Wildman–Crippen LogP) is 2.19. The summed E-state index contributed by atoms with van der Waals surface area (Å²) in [5.74, 6) is -0.638. The Kier molecular flexibility index (Phi) is 4.85. The van der Waals surface area contributed by atoms with Gasteiger partial charge in [0.1, 0.15) is 0 Å². The first-order valence-electron chi connectivity index (χ1n) is 7.71. The fraction of sp³-hybridized carbons (Fsp3) is 0.933. The summed E-state index contributed by atoms with van der Waals surface area (Å²) in [6, 6.07) is 0.483. The summed E-state index contributed by atoms with van der Waals surface area (Å²) in [4.78, 5) is 16.2. The van der Waals surface area contributed by atoms with Crippen LogP contribution in [0.3, 0.4) is 0 Å². The maximum absolute atomic E-state index is 11.3. The first-order chi connectivity index (χ1) is 9.03. The minimum absolute atomic E-state index is 0.0951. The van der Waals surface area contributed by atoms with Crippen LogP contribution >= 0.6 is 0 Å². The van der Waals surface area contributed by atoms with Gasteiger partial charge in [0, 0.05) is 11.6 Å². The van der Waals surface area contributed by atoms with E-state index < -0.39 is 5.97 Å². The molecule has 0 amide bonds. The number of carboxylic acid groups (broad SMARTS) is 1. The Hall–Kier alpha value is -0.610. The molecule has 2 saturated heterocycles. The number of carboxylic acids is 1. The molecule has 0 aromatic rings. The molecule has 0 aromatic carbocycles. The Morgan fingerprint density at radius 2 is 1.84 bits per heavy atom. The molecule has 0 aliphatic carbocycles. The highest BCUT2D eigenvalue weighted by Crippen LogP contribution is 2.36. The van der Waals surface area contributed by atoms with E-state index in [9.17, 15) is 9.90 Å². The summed E-state index contributed by atoms with van der Waals surface area (Å²) in [5.41, 5.74) is -0.0951. The fourth-order valence-corrected chi connectivity index (χ4v) is 3.80. The molecule has 110 valence electrons. The Labute approximate surface area is 116 Å².